The minimum Gasteiger partial charge on any atom is -0.298 e. The van der Waals surface area contributed by atoms with Gasteiger partial charge >= 0.3 is 0 Å². The van der Waals surface area contributed by atoms with Crippen molar-refractivity contribution in [1.29, 1.82) is 0 Å². The van der Waals surface area contributed by atoms with E-state index < -0.39 is 0 Å². The molecule has 166 valence electrons. The highest BCUT2D eigenvalue weighted by Crippen LogP contribution is 2.47. The van der Waals surface area contributed by atoms with Gasteiger partial charge in [-0.15, -0.1) is 22.7 Å². The van der Waals surface area contributed by atoms with Gasteiger partial charge in [0.1, 0.15) is 12.6 Å². The van der Waals surface area contributed by atoms with Crippen LogP contribution in [0.15, 0.2) is 60.2 Å². The van der Waals surface area contributed by atoms with Crippen molar-refractivity contribution < 1.29 is 9.59 Å². The quantitative estimate of drug-likeness (QED) is 0.340. The largest absolute Gasteiger partial charge is 0.298 e. The van der Waals surface area contributed by atoms with Crippen LogP contribution in [0.25, 0.3) is 21.6 Å². The number of benzene rings is 1. The number of rotatable bonds is 6. The van der Waals surface area contributed by atoms with Crippen LogP contribution in [0.1, 0.15) is 67.7 Å². The molecule has 0 N–H and O–H groups in total. The van der Waals surface area contributed by atoms with Crippen molar-refractivity contribution in [3.8, 4) is 10.4 Å². The highest BCUT2D eigenvalue weighted by molar-refractivity contribution is 7.15. The van der Waals surface area contributed by atoms with Crippen molar-refractivity contribution in [2.45, 2.75) is 45.4 Å². The van der Waals surface area contributed by atoms with Gasteiger partial charge in [-0.3, -0.25) is 9.59 Å². The molecule has 0 aliphatic heterocycles. The lowest BCUT2D eigenvalue weighted by Crippen LogP contribution is -1.97. The number of carbonyl (C=O) groups is 2. The summed E-state index contributed by atoms with van der Waals surface area (Å²) in [6, 6.07) is 12.6. The van der Waals surface area contributed by atoms with Gasteiger partial charge in [0, 0.05) is 36.6 Å². The molecule has 2 aliphatic carbocycles. The molecule has 1 atom stereocenters. The monoisotopic (exact) mass is 470 g/mol. The Kier molecular flexibility index (Phi) is 6.13. The molecule has 0 amide bonds. The van der Waals surface area contributed by atoms with E-state index in [1.165, 1.54) is 53.8 Å². The predicted octanol–water partition coefficient (Wildman–Crippen LogP) is 8.17. The van der Waals surface area contributed by atoms with Crippen molar-refractivity contribution in [2.24, 2.45) is 0 Å². The first kappa shape index (κ1) is 22.0. The normalized spacial score (nSPS) is 18.0. The zero-order valence-corrected chi connectivity index (χ0v) is 20.5. The van der Waals surface area contributed by atoms with Crippen molar-refractivity contribution in [3.05, 3.63) is 91.5 Å². The van der Waals surface area contributed by atoms with E-state index >= 15 is 0 Å². The second-order valence-electron chi connectivity index (χ2n) is 8.77. The third-order valence-corrected chi connectivity index (χ3v) is 8.97. The van der Waals surface area contributed by atoms with E-state index in [1.54, 1.807) is 0 Å². The Balaban J connectivity index is 1.48. The number of aldehydes is 2. The van der Waals surface area contributed by atoms with Gasteiger partial charge in [-0.25, -0.2) is 0 Å². The number of aryl methyl sites for hydroxylation is 2. The summed E-state index contributed by atoms with van der Waals surface area (Å²) in [6.07, 6.45) is 12.3. The first-order chi connectivity index (χ1) is 16.1. The molecule has 0 fully saturated rings. The third kappa shape index (κ3) is 4.25. The summed E-state index contributed by atoms with van der Waals surface area (Å²) >= 11 is 3.73. The fraction of sp³-hybridized carbons (Fsp3) is 0.241. The van der Waals surface area contributed by atoms with Crippen molar-refractivity contribution in [3.63, 3.8) is 0 Å². The van der Waals surface area contributed by atoms with E-state index in [9.17, 15) is 9.59 Å². The molecular weight excluding hydrogens is 444 g/mol. The summed E-state index contributed by atoms with van der Waals surface area (Å²) in [5, 5.41) is 0. The van der Waals surface area contributed by atoms with E-state index in [0.29, 0.717) is 11.5 Å². The van der Waals surface area contributed by atoms with Crippen LogP contribution in [0, 0.1) is 13.8 Å². The molecule has 2 aliphatic rings. The minimum atomic E-state index is 0.362. The number of allylic oxidation sites excluding steroid dienone is 6. The Labute approximate surface area is 203 Å². The maximum Gasteiger partial charge on any atom is 0.150 e. The minimum absolute atomic E-state index is 0.362. The molecule has 2 nitrogen and oxygen atoms in total. The van der Waals surface area contributed by atoms with Crippen LogP contribution in [0.4, 0.5) is 0 Å². The van der Waals surface area contributed by atoms with Crippen LogP contribution in [0.2, 0.25) is 0 Å². The topological polar surface area (TPSA) is 34.1 Å². The molecular formula is C29H26O2S2. The summed E-state index contributed by atoms with van der Waals surface area (Å²) in [5.74, 6) is 0.362. The first-order valence-corrected chi connectivity index (χ1v) is 13.0. The molecule has 5 rings (SSSR count). The molecule has 0 saturated carbocycles. The summed E-state index contributed by atoms with van der Waals surface area (Å²) in [4.78, 5) is 27.4. The van der Waals surface area contributed by atoms with Gasteiger partial charge in [-0.1, -0.05) is 42.5 Å². The highest BCUT2D eigenvalue weighted by atomic mass is 32.1. The lowest BCUT2D eigenvalue weighted by Gasteiger charge is -2.12. The number of thiophene rings is 2. The molecule has 0 radical (unpaired) electrons. The SMILES string of the molecule is Cc1sc(-c2ccc(C=O)cc2)cc1C1=C(c2cc(C3C=CC(C=O)=CC3)sc2C)CCC1. The zero-order chi connectivity index (χ0) is 22.9. The van der Waals surface area contributed by atoms with Crippen LogP contribution in [-0.2, 0) is 4.79 Å². The van der Waals surface area contributed by atoms with Gasteiger partial charge in [0.05, 0.1) is 0 Å². The van der Waals surface area contributed by atoms with Gasteiger partial charge in [-0.05, 0) is 79.5 Å². The molecule has 0 saturated heterocycles. The Bertz CT molecular complexity index is 1310. The van der Waals surface area contributed by atoms with E-state index in [4.69, 9.17) is 0 Å². The van der Waals surface area contributed by atoms with Gasteiger partial charge in [-0.2, -0.15) is 0 Å². The van der Waals surface area contributed by atoms with Crippen molar-refractivity contribution in [2.75, 3.05) is 0 Å². The summed E-state index contributed by atoms with van der Waals surface area (Å²) in [7, 11) is 0. The average molecular weight is 471 g/mol. The second kappa shape index (κ2) is 9.20. The first-order valence-electron chi connectivity index (χ1n) is 11.4. The molecule has 3 aromatic rings. The number of hydrogen-bond acceptors (Lipinski definition) is 4. The molecule has 2 aromatic heterocycles. The molecule has 1 aromatic carbocycles. The van der Waals surface area contributed by atoms with E-state index in [2.05, 4.69) is 32.1 Å². The molecule has 2 heterocycles. The molecule has 4 heteroatoms. The number of carbonyl (C=O) groups excluding carboxylic acids is 2. The van der Waals surface area contributed by atoms with Gasteiger partial charge < -0.3 is 0 Å². The van der Waals surface area contributed by atoms with E-state index in [-0.39, 0.29) is 0 Å². The summed E-state index contributed by atoms with van der Waals surface area (Å²) in [5.41, 5.74) is 8.44. The van der Waals surface area contributed by atoms with Crippen LogP contribution < -0.4 is 0 Å². The third-order valence-electron chi connectivity index (χ3n) is 6.68. The number of hydrogen-bond donors (Lipinski definition) is 0. The Hall–Kier alpha value is -2.82. The fourth-order valence-electron chi connectivity index (χ4n) is 4.91. The summed E-state index contributed by atoms with van der Waals surface area (Å²) < 4.78 is 0. The van der Waals surface area contributed by atoms with Crippen LogP contribution >= 0.6 is 22.7 Å². The zero-order valence-electron chi connectivity index (χ0n) is 18.9. The maximum atomic E-state index is 11.0. The lowest BCUT2D eigenvalue weighted by atomic mass is 9.93. The smallest absolute Gasteiger partial charge is 0.150 e. The fourth-order valence-corrected chi connectivity index (χ4v) is 7.11. The molecule has 0 bridgehead atoms. The average Bonchev–Trinajstić information content (AvgIpc) is 3.57. The van der Waals surface area contributed by atoms with Crippen LogP contribution in [0.3, 0.4) is 0 Å². The van der Waals surface area contributed by atoms with Crippen LogP contribution in [0.5, 0.6) is 0 Å². The van der Waals surface area contributed by atoms with E-state index in [1.807, 2.05) is 59.1 Å². The van der Waals surface area contributed by atoms with Crippen molar-refractivity contribution >= 4 is 46.4 Å². The Morgan fingerprint density at radius 3 is 2.21 bits per heavy atom. The molecule has 33 heavy (non-hydrogen) atoms. The second-order valence-corrected chi connectivity index (χ2v) is 11.3. The van der Waals surface area contributed by atoms with Gasteiger partial charge in [0.25, 0.3) is 0 Å². The summed E-state index contributed by atoms with van der Waals surface area (Å²) in [6.45, 7) is 4.47. The maximum absolute atomic E-state index is 11.0. The van der Waals surface area contributed by atoms with Crippen LogP contribution in [-0.4, -0.2) is 12.6 Å². The van der Waals surface area contributed by atoms with Gasteiger partial charge in [0.2, 0.25) is 0 Å². The van der Waals surface area contributed by atoms with E-state index in [0.717, 1.165) is 37.4 Å². The van der Waals surface area contributed by atoms with Gasteiger partial charge in [0.15, 0.2) is 0 Å². The standard InChI is InChI=1S/C29H26O2S2/c1-18-26(14-28(32-18)22-10-6-20(16-30)7-11-22)24-4-3-5-25(24)27-15-29(33-19(27)2)23-12-8-21(17-31)9-13-23/h6-12,14-17,23H,3-5,13H2,1-2H3. The molecule has 0 spiro atoms. The Morgan fingerprint density at radius 1 is 0.879 bits per heavy atom. The van der Waals surface area contributed by atoms with Crippen molar-refractivity contribution in [1.82, 2.24) is 0 Å². The Morgan fingerprint density at radius 2 is 1.58 bits per heavy atom. The highest BCUT2D eigenvalue weighted by Gasteiger charge is 2.24. The lowest BCUT2D eigenvalue weighted by molar-refractivity contribution is -0.104. The molecule has 1 unspecified atom stereocenters. The predicted molar refractivity (Wildman–Crippen MR) is 140 cm³/mol.